The van der Waals surface area contributed by atoms with Crippen LogP contribution in [0.2, 0.25) is 0 Å². The van der Waals surface area contributed by atoms with Crippen molar-refractivity contribution >= 4 is 5.91 Å². The topological polar surface area (TPSA) is 29.1 Å². The highest BCUT2D eigenvalue weighted by atomic mass is 16.1. The van der Waals surface area contributed by atoms with Crippen LogP contribution in [0.4, 0.5) is 0 Å². The van der Waals surface area contributed by atoms with Crippen molar-refractivity contribution in [3.05, 3.63) is 0 Å². The Morgan fingerprint density at radius 2 is 1.73 bits per heavy atom. The van der Waals surface area contributed by atoms with Crippen LogP contribution >= 0.6 is 0 Å². The number of hydrogen-bond acceptors (Lipinski definition) is 1. The second-order valence-electron chi connectivity index (χ2n) is 4.75. The van der Waals surface area contributed by atoms with Gasteiger partial charge >= 0.3 is 0 Å². The fourth-order valence-corrected chi connectivity index (χ4v) is 1.62. The normalized spacial score (nSPS) is 11.1. The zero-order valence-corrected chi connectivity index (χ0v) is 10.8. The summed E-state index contributed by atoms with van der Waals surface area (Å²) in [6.45, 7) is 9.59. The summed E-state index contributed by atoms with van der Waals surface area (Å²) in [7, 11) is 0. The predicted octanol–water partition coefficient (Wildman–Crippen LogP) is 3.37. The molecule has 0 spiro atoms. The minimum absolute atomic E-state index is 0.217. The van der Waals surface area contributed by atoms with Crippen molar-refractivity contribution < 1.29 is 4.79 Å². The lowest BCUT2D eigenvalue weighted by molar-refractivity contribution is -0.121. The van der Waals surface area contributed by atoms with Gasteiger partial charge in [0.1, 0.15) is 0 Å². The van der Waals surface area contributed by atoms with Crippen LogP contribution < -0.4 is 5.32 Å². The van der Waals surface area contributed by atoms with Gasteiger partial charge in [-0.15, -0.1) is 0 Å². The van der Waals surface area contributed by atoms with Crippen molar-refractivity contribution in [3.8, 4) is 0 Å². The summed E-state index contributed by atoms with van der Waals surface area (Å²) in [5.41, 5.74) is 0. The largest absolute Gasteiger partial charge is 0.356 e. The number of amides is 1. The van der Waals surface area contributed by atoms with E-state index < -0.39 is 0 Å². The maximum Gasteiger partial charge on any atom is 0.220 e. The van der Waals surface area contributed by atoms with Crippen molar-refractivity contribution in [2.75, 3.05) is 6.54 Å². The molecule has 0 atom stereocenters. The minimum Gasteiger partial charge on any atom is -0.356 e. The van der Waals surface area contributed by atoms with Gasteiger partial charge in [0.2, 0.25) is 5.91 Å². The molecule has 0 aliphatic heterocycles. The number of carbonyl (C=O) groups excluding carboxylic acids is 1. The first-order valence-corrected chi connectivity index (χ1v) is 6.36. The molecule has 0 aromatic carbocycles. The molecule has 0 aromatic heterocycles. The first-order valence-electron chi connectivity index (χ1n) is 6.36. The van der Waals surface area contributed by atoms with Crippen molar-refractivity contribution in [3.63, 3.8) is 0 Å². The lowest BCUT2D eigenvalue weighted by atomic mass is 9.99. The zero-order valence-electron chi connectivity index (χ0n) is 10.8. The average Bonchev–Trinajstić information content (AvgIpc) is 2.21. The Bertz CT molecular complexity index is 162. The molecule has 90 valence electrons. The van der Waals surface area contributed by atoms with Crippen LogP contribution in [0, 0.1) is 11.8 Å². The number of hydrogen-bond donors (Lipinski definition) is 1. The molecule has 0 fully saturated rings. The molecule has 2 nitrogen and oxygen atoms in total. The summed E-state index contributed by atoms with van der Waals surface area (Å²) < 4.78 is 0. The van der Waals surface area contributed by atoms with Crippen LogP contribution in [0.25, 0.3) is 0 Å². The second kappa shape index (κ2) is 8.75. The second-order valence-corrected chi connectivity index (χ2v) is 4.75. The summed E-state index contributed by atoms with van der Waals surface area (Å²) in [6.07, 6.45) is 5.24. The Balaban J connectivity index is 3.46. The highest BCUT2D eigenvalue weighted by Gasteiger charge is 2.05. The van der Waals surface area contributed by atoms with E-state index in [1.165, 1.54) is 12.8 Å². The van der Waals surface area contributed by atoms with Crippen LogP contribution in [-0.2, 0) is 4.79 Å². The van der Waals surface area contributed by atoms with Gasteiger partial charge < -0.3 is 5.32 Å². The molecular weight excluding hydrogens is 186 g/mol. The van der Waals surface area contributed by atoms with Crippen molar-refractivity contribution in [1.29, 1.82) is 0 Å². The van der Waals surface area contributed by atoms with Gasteiger partial charge in [0.25, 0.3) is 0 Å². The quantitative estimate of drug-likeness (QED) is 0.658. The van der Waals surface area contributed by atoms with E-state index >= 15 is 0 Å². The molecule has 0 aliphatic carbocycles. The Labute approximate surface area is 94.8 Å². The standard InChI is InChI=1S/C13H27NO/c1-5-12(6-2)9-10-14-13(15)8-7-11(3)4/h11-12H,5-10H2,1-4H3,(H,14,15). The monoisotopic (exact) mass is 213 g/mol. The molecule has 0 bridgehead atoms. The number of carbonyl (C=O) groups is 1. The highest BCUT2D eigenvalue weighted by molar-refractivity contribution is 5.75. The molecular formula is C13H27NO. The third-order valence-corrected chi connectivity index (χ3v) is 2.98. The minimum atomic E-state index is 0.217. The van der Waals surface area contributed by atoms with E-state index in [2.05, 4.69) is 33.0 Å². The highest BCUT2D eigenvalue weighted by Crippen LogP contribution is 2.11. The molecule has 15 heavy (non-hydrogen) atoms. The number of rotatable bonds is 8. The average molecular weight is 213 g/mol. The summed E-state index contributed by atoms with van der Waals surface area (Å²) in [5.74, 6) is 1.61. The molecule has 0 rings (SSSR count). The molecule has 0 aliphatic rings. The Hall–Kier alpha value is -0.530. The molecule has 0 radical (unpaired) electrons. The molecule has 0 saturated heterocycles. The van der Waals surface area contributed by atoms with Crippen LogP contribution in [0.1, 0.15) is 59.8 Å². The molecule has 0 unspecified atom stereocenters. The molecule has 0 saturated carbocycles. The molecule has 1 N–H and O–H groups in total. The van der Waals surface area contributed by atoms with Gasteiger partial charge in [-0.1, -0.05) is 40.5 Å². The van der Waals surface area contributed by atoms with Gasteiger partial charge in [-0.25, -0.2) is 0 Å². The van der Waals surface area contributed by atoms with Gasteiger partial charge in [-0.3, -0.25) is 4.79 Å². The van der Waals surface area contributed by atoms with Crippen LogP contribution in [-0.4, -0.2) is 12.5 Å². The maximum absolute atomic E-state index is 11.4. The SMILES string of the molecule is CCC(CC)CCNC(=O)CCC(C)C. The first kappa shape index (κ1) is 14.5. The fourth-order valence-electron chi connectivity index (χ4n) is 1.62. The lowest BCUT2D eigenvalue weighted by Crippen LogP contribution is -2.25. The Kier molecular flexibility index (Phi) is 8.44. The van der Waals surface area contributed by atoms with Gasteiger partial charge in [0.05, 0.1) is 0 Å². The van der Waals surface area contributed by atoms with E-state index in [1.807, 2.05) is 0 Å². The van der Waals surface area contributed by atoms with Gasteiger partial charge in [-0.2, -0.15) is 0 Å². The van der Waals surface area contributed by atoms with Crippen LogP contribution in [0.3, 0.4) is 0 Å². The lowest BCUT2D eigenvalue weighted by Gasteiger charge is -2.12. The van der Waals surface area contributed by atoms with Crippen LogP contribution in [0.5, 0.6) is 0 Å². The molecule has 0 heterocycles. The molecule has 1 amide bonds. The Morgan fingerprint density at radius 1 is 1.13 bits per heavy atom. The van der Waals surface area contributed by atoms with Crippen molar-refractivity contribution in [1.82, 2.24) is 5.32 Å². The zero-order chi connectivity index (χ0) is 11.7. The van der Waals surface area contributed by atoms with E-state index in [1.54, 1.807) is 0 Å². The van der Waals surface area contributed by atoms with Gasteiger partial charge in [0, 0.05) is 13.0 Å². The summed E-state index contributed by atoms with van der Waals surface area (Å²) in [5, 5.41) is 3.00. The van der Waals surface area contributed by atoms with Crippen molar-refractivity contribution in [2.24, 2.45) is 11.8 Å². The van der Waals surface area contributed by atoms with E-state index in [9.17, 15) is 4.79 Å². The predicted molar refractivity (Wildman–Crippen MR) is 65.8 cm³/mol. The van der Waals surface area contributed by atoms with Gasteiger partial charge in [-0.05, 0) is 24.7 Å². The Morgan fingerprint density at radius 3 is 2.20 bits per heavy atom. The third kappa shape index (κ3) is 8.46. The molecule has 0 aromatic rings. The maximum atomic E-state index is 11.4. The fraction of sp³-hybridized carbons (Fsp3) is 0.923. The van der Waals surface area contributed by atoms with Gasteiger partial charge in [0.15, 0.2) is 0 Å². The van der Waals surface area contributed by atoms with Crippen molar-refractivity contribution in [2.45, 2.75) is 59.8 Å². The van der Waals surface area contributed by atoms with E-state index in [0.717, 1.165) is 25.3 Å². The summed E-state index contributed by atoms with van der Waals surface area (Å²) >= 11 is 0. The van der Waals surface area contributed by atoms with Crippen LogP contribution in [0.15, 0.2) is 0 Å². The first-order chi connectivity index (χ1) is 7.10. The van der Waals surface area contributed by atoms with E-state index in [4.69, 9.17) is 0 Å². The van der Waals surface area contributed by atoms with E-state index in [0.29, 0.717) is 12.3 Å². The smallest absolute Gasteiger partial charge is 0.220 e. The summed E-state index contributed by atoms with van der Waals surface area (Å²) in [4.78, 5) is 11.4. The third-order valence-electron chi connectivity index (χ3n) is 2.98. The number of nitrogens with one attached hydrogen (secondary N) is 1. The molecule has 2 heteroatoms. The van der Waals surface area contributed by atoms with E-state index in [-0.39, 0.29) is 5.91 Å². The summed E-state index contributed by atoms with van der Waals surface area (Å²) in [6, 6.07) is 0.